The smallest absolute Gasteiger partial charge is 0.571 e. The van der Waals surface area contributed by atoms with Crippen molar-refractivity contribution in [2.24, 2.45) is 0 Å². The van der Waals surface area contributed by atoms with Crippen molar-refractivity contribution in [1.29, 1.82) is 5.26 Å². The number of carbonyl (C=O) groups is 4. The molecule has 0 saturated carbocycles. The number of hydrogen-bond donors (Lipinski definition) is 4. The van der Waals surface area contributed by atoms with Gasteiger partial charge in [0, 0.05) is 96.8 Å². The second kappa shape index (κ2) is 47.0. The summed E-state index contributed by atoms with van der Waals surface area (Å²) in [5, 5.41) is 15.9. The molecule has 3 fully saturated rings. The SMILES string of the molecule is CC#N.COC(=O)c1sccc1N.COC(=O)c1sccc1NS(=O)(=O)c1ccccc1.Cc1cc(Cl)c(CC(=O)c2sccc2NS(=O)(=O)c2ccccc2)c(C)c1N1CCCC1.Cc1cc(Cl)c(CC(=O)c2sccc2[N-]S(=O)(=O)c2ccccc2)c(C)c1N1CCCC1.Cc1cc(Cl)c(N)c(C)c1N1CCCC1.O=S(=O)(Cl)c1ccccc1.[Na+]. The van der Waals surface area contributed by atoms with Gasteiger partial charge in [-0.15, -0.1) is 51.0 Å². The number of esters is 2. The Morgan fingerprint density at radius 2 is 0.779 bits per heavy atom. The van der Waals surface area contributed by atoms with Crippen LogP contribution in [-0.4, -0.2) is 111 Å². The van der Waals surface area contributed by atoms with E-state index in [9.17, 15) is 52.8 Å². The molecule has 0 bridgehead atoms. The summed E-state index contributed by atoms with van der Waals surface area (Å²) < 4.78 is 114. The number of hydrogen-bond acceptors (Lipinski definition) is 24. The number of thiophene rings is 4. The minimum Gasteiger partial charge on any atom is -0.571 e. The van der Waals surface area contributed by atoms with Crippen molar-refractivity contribution in [2.45, 2.75) is 119 Å². The summed E-state index contributed by atoms with van der Waals surface area (Å²) in [5.41, 5.74) is 25.1. The van der Waals surface area contributed by atoms with Gasteiger partial charge in [0.1, 0.15) is 19.8 Å². The molecule has 0 amide bonds. The number of Topliss-reactive ketones (excluding diaryl/α,β-unsaturated/α-hetero) is 2. The van der Waals surface area contributed by atoms with Gasteiger partial charge in [0.2, 0.25) is 0 Å². The molecule has 0 unspecified atom stereocenters. The summed E-state index contributed by atoms with van der Waals surface area (Å²) >= 11 is 24.0. The molecule has 3 aliphatic heterocycles. The van der Waals surface area contributed by atoms with Gasteiger partial charge >= 0.3 is 41.5 Å². The molecule has 0 spiro atoms. The molecule has 0 atom stereocenters. The number of nitrogens with two attached hydrogens (primary N) is 2. The van der Waals surface area contributed by atoms with Gasteiger partial charge in [-0.1, -0.05) is 114 Å². The Hall–Kier alpha value is -8.53. The number of nitrogens with zero attached hydrogens (tertiary/aromatic N) is 5. The fourth-order valence-corrected chi connectivity index (χ4v) is 21.7. The van der Waals surface area contributed by atoms with E-state index in [1.807, 2.05) is 45.9 Å². The zero-order valence-corrected chi connectivity index (χ0v) is 80.2. The summed E-state index contributed by atoms with van der Waals surface area (Å²) in [6.45, 7) is 20.0. The number of benzene rings is 7. The van der Waals surface area contributed by atoms with Crippen molar-refractivity contribution in [2.75, 3.05) is 89.1 Å². The Kier molecular flexibility index (Phi) is 38.7. The number of carbonyl (C=O) groups excluding carboxylic acids is 4. The van der Waals surface area contributed by atoms with Crippen molar-refractivity contribution in [3.63, 3.8) is 0 Å². The van der Waals surface area contributed by atoms with Crippen LogP contribution < -0.4 is 65.2 Å². The van der Waals surface area contributed by atoms with Gasteiger partial charge < -0.3 is 40.4 Å². The Labute approximate surface area is 772 Å². The molecular weight excluding hydrogens is 1800 g/mol. The van der Waals surface area contributed by atoms with E-state index in [4.69, 9.17) is 62.2 Å². The second-order valence-corrected chi connectivity index (χ2v) is 39.9. The Morgan fingerprint density at radius 3 is 1.16 bits per heavy atom. The van der Waals surface area contributed by atoms with E-state index in [1.54, 1.807) is 119 Å². The number of nitriles is 1. The molecule has 642 valence electrons. The number of ketones is 2. The Bertz CT molecular complexity index is 5750. The molecule has 11 aromatic rings. The summed E-state index contributed by atoms with van der Waals surface area (Å²) in [7, 11) is -7.30. The maximum absolute atomic E-state index is 13.2. The third-order valence-electron chi connectivity index (χ3n) is 19.1. The van der Waals surface area contributed by atoms with Crippen LogP contribution in [-0.2, 0) is 61.4 Å². The molecular formula is C86H92Cl4N9NaO14S8. The minimum absolute atomic E-state index is 0. The maximum atomic E-state index is 13.2. The first-order valence-electron chi connectivity index (χ1n) is 37.6. The first-order valence-corrected chi connectivity index (χ1v) is 49.0. The van der Waals surface area contributed by atoms with Crippen LogP contribution in [0.2, 0.25) is 15.1 Å². The van der Waals surface area contributed by atoms with Crippen molar-refractivity contribution in [3.05, 3.63) is 269 Å². The van der Waals surface area contributed by atoms with E-state index < -0.39 is 45.1 Å². The van der Waals surface area contributed by atoms with Crippen LogP contribution in [0.25, 0.3) is 4.72 Å². The third kappa shape index (κ3) is 27.2. The first kappa shape index (κ1) is 101. The normalized spacial score (nSPS) is 12.8. The molecule has 3 aliphatic rings. The fraction of sp³-hybridized carbons (Fsp3) is 0.267. The van der Waals surface area contributed by atoms with Crippen LogP contribution in [0.5, 0.6) is 0 Å². The minimum atomic E-state index is -3.91. The number of anilines is 7. The topological polar surface area (TPSA) is 347 Å². The van der Waals surface area contributed by atoms with Crippen molar-refractivity contribution < 1.29 is 91.9 Å². The molecule has 7 heterocycles. The van der Waals surface area contributed by atoms with Crippen LogP contribution in [0.1, 0.15) is 129 Å². The number of nitrogen functional groups attached to an aromatic ring is 2. The van der Waals surface area contributed by atoms with Gasteiger partial charge in [-0.2, -0.15) is 5.26 Å². The predicted molar refractivity (Wildman–Crippen MR) is 494 cm³/mol. The summed E-state index contributed by atoms with van der Waals surface area (Å²) in [6, 6.07) is 45.9. The molecule has 0 aliphatic carbocycles. The van der Waals surface area contributed by atoms with Crippen LogP contribution in [0.15, 0.2) is 205 Å². The molecule has 0 radical (unpaired) electrons. The Balaban J connectivity index is 0.000000211. The number of sulfonamides is 3. The molecule has 3 saturated heterocycles. The maximum Gasteiger partial charge on any atom is 1.00 e. The van der Waals surface area contributed by atoms with Gasteiger partial charge in [-0.05, 0) is 231 Å². The fourth-order valence-electron chi connectivity index (χ4n) is 13.4. The molecule has 6 N–H and O–H groups in total. The second-order valence-electron chi connectivity index (χ2n) is 27.4. The van der Waals surface area contributed by atoms with Crippen molar-refractivity contribution >= 4 is 199 Å². The van der Waals surface area contributed by atoms with Gasteiger partial charge in [0.15, 0.2) is 11.6 Å². The monoisotopic (exact) mass is 1890 g/mol. The average Bonchev–Trinajstić information content (AvgIpc) is 1.34. The van der Waals surface area contributed by atoms with Gasteiger partial charge in [-0.3, -0.25) is 19.0 Å². The van der Waals surface area contributed by atoms with Crippen molar-refractivity contribution in [1.82, 2.24) is 0 Å². The largest absolute Gasteiger partial charge is 1.00 e. The number of ether oxygens (including phenoxy) is 2. The van der Waals surface area contributed by atoms with Crippen LogP contribution >= 0.6 is 90.8 Å². The van der Waals surface area contributed by atoms with Crippen LogP contribution in [0.4, 0.5) is 45.5 Å². The van der Waals surface area contributed by atoms with E-state index in [2.05, 4.69) is 52.2 Å². The van der Waals surface area contributed by atoms with Gasteiger partial charge in [0.05, 0.1) is 77.4 Å². The summed E-state index contributed by atoms with van der Waals surface area (Å²) in [5.74, 6) is -1.29. The zero-order chi connectivity index (χ0) is 88.5. The summed E-state index contributed by atoms with van der Waals surface area (Å²) in [4.78, 5) is 57.8. The molecule has 36 heteroatoms. The number of rotatable bonds is 21. The van der Waals surface area contributed by atoms with E-state index in [-0.39, 0.29) is 95.8 Å². The quantitative estimate of drug-likeness (QED) is 0.0171. The Morgan fingerprint density at radius 1 is 0.459 bits per heavy atom. The van der Waals surface area contributed by atoms with E-state index >= 15 is 0 Å². The molecule has 14 rings (SSSR count). The van der Waals surface area contributed by atoms with Crippen LogP contribution in [0.3, 0.4) is 0 Å². The average molecular weight is 1900 g/mol. The van der Waals surface area contributed by atoms with Gasteiger partial charge in [-0.25, -0.2) is 43.3 Å². The number of halogens is 4. The van der Waals surface area contributed by atoms with E-state index in [0.717, 1.165) is 132 Å². The number of aryl methyl sites for hydroxylation is 3. The third-order valence-corrected chi connectivity index (χ3v) is 29.2. The zero-order valence-electron chi connectivity index (χ0n) is 68.7. The van der Waals surface area contributed by atoms with E-state index in [1.165, 1.54) is 134 Å². The van der Waals surface area contributed by atoms with Gasteiger partial charge in [0.25, 0.3) is 29.1 Å². The van der Waals surface area contributed by atoms with Crippen molar-refractivity contribution in [3.8, 4) is 6.07 Å². The number of methoxy groups -OCH3 is 2. The number of nitrogens with one attached hydrogen (secondary N) is 2. The molecule has 7 aromatic carbocycles. The first-order chi connectivity index (χ1) is 57.5. The standard InChI is InChI=1S/2C24H25ClN2O3S2.C12H17ClN2.C12H11NO4S2.C6H5ClO2S.C6H7NO2S.C2H3N.Na/c2*1-16-14-20(25)19(17(2)23(16)27-11-6-7-12-27)15-22(28)24-21(10-13-31-24)26-32(29,30)18-8-4-3-5-9-18;1-8-7-10(13)11(14)9(2)12(8)15-5-3-4-6-15;1-17-12(14)11-10(7-8-18-11)13-19(15,16)9-5-3-2-4-6-9;7-10(8,9)6-4-2-1-3-5-6;1-9-6(8)5-4(7)2-3-10-5;1-2-3;/h3-5,8-10,13-14H,6-7,11-12,15H2,1-2H3,(H,26,28);3-5,8-10,13-14,26H,6-7,11-12,15H2,1-2H3;7H,3-6,14H2,1-2H3;2-8,13H,1H3;1-5H;2-3H,7H2,1H3;1H3;/q;;;;;;;+1/p-1. The van der Waals surface area contributed by atoms with Crippen LogP contribution in [0, 0.1) is 52.9 Å². The molecule has 122 heavy (non-hydrogen) atoms. The van der Waals surface area contributed by atoms with E-state index in [0.29, 0.717) is 41.1 Å². The summed E-state index contributed by atoms with van der Waals surface area (Å²) in [6.07, 6.45) is 7.42. The predicted octanol–water partition coefficient (Wildman–Crippen LogP) is 18.0. The molecule has 23 nitrogen and oxygen atoms in total. The molecule has 4 aromatic heterocycles.